The zero-order valence-corrected chi connectivity index (χ0v) is 12.6. The quantitative estimate of drug-likeness (QED) is 0.756. The maximum Gasteiger partial charge on any atom is 0.128 e. The number of benzene rings is 2. The molecule has 1 N–H and O–H groups in total. The van der Waals surface area contributed by atoms with Gasteiger partial charge in [-0.15, -0.1) is 11.6 Å². The number of anilines is 1. The first kappa shape index (κ1) is 14.4. The molecule has 4 heteroatoms. The van der Waals surface area contributed by atoms with Crippen LogP contribution in [0.2, 0.25) is 0 Å². The van der Waals surface area contributed by atoms with E-state index in [1.165, 1.54) is 11.6 Å². The Labute approximate surface area is 125 Å². The van der Waals surface area contributed by atoms with Crippen molar-refractivity contribution in [2.45, 2.75) is 13.0 Å². The van der Waals surface area contributed by atoms with Crippen LogP contribution in [0.15, 0.2) is 46.9 Å². The number of nitrogens with one attached hydrogen (secondary N) is 1. The fourth-order valence-electron chi connectivity index (χ4n) is 1.77. The van der Waals surface area contributed by atoms with E-state index in [1.807, 2.05) is 24.3 Å². The molecule has 2 aromatic rings. The molecule has 0 aliphatic rings. The van der Waals surface area contributed by atoms with Crippen molar-refractivity contribution in [2.75, 3.05) is 11.2 Å². The molecule has 0 amide bonds. The number of aryl methyl sites for hydroxylation is 1. The normalized spacial score (nSPS) is 10.5. The third-order valence-electron chi connectivity index (χ3n) is 2.83. The van der Waals surface area contributed by atoms with Crippen molar-refractivity contribution >= 4 is 33.2 Å². The standard InChI is InChI=1S/C15H14BrClFN/c16-13-3-6-15(18)12(9-13)10-19-14-4-1-11(2-5-14)7-8-17/h1-6,9,19H,7-8,10H2. The molecule has 0 atom stereocenters. The van der Waals surface area contributed by atoms with Gasteiger partial charge in [-0.2, -0.15) is 0 Å². The Morgan fingerprint density at radius 1 is 1.11 bits per heavy atom. The summed E-state index contributed by atoms with van der Waals surface area (Å²) in [5.41, 5.74) is 2.81. The molecule has 0 saturated heterocycles. The molecule has 100 valence electrons. The van der Waals surface area contributed by atoms with E-state index < -0.39 is 0 Å². The highest BCUT2D eigenvalue weighted by Crippen LogP contribution is 2.17. The van der Waals surface area contributed by atoms with E-state index in [-0.39, 0.29) is 5.82 Å². The molecule has 19 heavy (non-hydrogen) atoms. The Morgan fingerprint density at radius 3 is 2.53 bits per heavy atom. The van der Waals surface area contributed by atoms with Crippen LogP contribution in [0.5, 0.6) is 0 Å². The van der Waals surface area contributed by atoms with Gasteiger partial charge in [-0.05, 0) is 42.3 Å². The highest BCUT2D eigenvalue weighted by Gasteiger charge is 2.02. The maximum atomic E-state index is 13.6. The molecule has 2 aromatic carbocycles. The van der Waals surface area contributed by atoms with Gasteiger partial charge in [0.25, 0.3) is 0 Å². The van der Waals surface area contributed by atoms with Gasteiger partial charge in [-0.1, -0.05) is 28.1 Å². The summed E-state index contributed by atoms with van der Waals surface area (Å²) >= 11 is 9.03. The van der Waals surface area contributed by atoms with Crippen molar-refractivity contribution in [2.24, 2.45) is 0 Å². The van der Waals surface area contributed by atoms with E-state index in [2.05, 4.69) is 21.2 Å². The van der Waals surface area contributed by atoms with Gasteiger partial charge in [-0.3, -0.25) is 0 Å². The molecular formula is C15H14BrClFN. The summed E-state index contributed by atoms with van der Waals surface area (Å²) in [5.74, 6) is 0.421. The highest BCUT2D eigenvalue weighted by atomic mass is 79.9. The van der Waals surface area contributed by atoms with Crippen molar-refractivity contribution in [3.63, 3.8) is 0 Å². The molecule has 1 nitrogen and oxygen atoms in total. The fraction of sp³-hybridized carbons (Fsp3) is 0.200. The minimum absolute atomic E-state index is 0.200. The third-order valence-corrected chi connectivity index (χ3v) is 3.51. The fourth-order valence-corrected chi connectivity index (χ4v) is 2.40. The first-order chi connectivity index (χ1) is 9.19. The topological polar surface area (TPSA) is 12.0 Å². The lowest BCUT2D eigenvalue weighted by atomic mass is 10.1. The minimum Gasteiger partial charge on any atom is -0.381 e. The van der Waals surface area contributed by atoms with Gasteiger partial charge in [0.05, 0.1) is 0 Å². The highest BCUT2D eigenvalue weighted by molar-refractivity contribution is 9.10. The zero-order chi connectivity index (χ0) is 13.7. The summed E-state index contributed by atoms with van der Waals surface area (Å²) < 4.78 is 14.4. The lowest BCUT2D eigenvalue weighted by Crippen LogP contribution is -2.02. The first-order valence-electron chi connectivity index (χ1n) is 6.02. The molecule has 0 aliphatic carbocycles. The third kappa shape index (κ3) is 4.22. The van der Waals surface area contributed by atoms with Crippen LogP contribution in [0.1, 0.15) is 11.1 Å². The SMILES string of the molecule is Fc1ccc(Br)cc1CNc1ccc(CCCl)cc1. The van der Waals surface area contributed by atoms with E-state index in [4.69, 9.17) is 11.6 Å². The first-order valence-corrected chi connectivity index (χ1v) is 7.34. The predicted molar refractivity (Wildman–Crippen MR) is 82.3 cm³/mol. The number of halogens is 3. The molecular weight excluding hydrogens is 329 g/mol. The van der Waals surface area contributed by atoms with E-state index in [1.54, 1.807) is 12.1 Å². The van der Waals surface area contributed by atoms with E-state index in [0.29, 0.717) is 18.0 Å². The van der Waals surface area contributed by atoms with Gasteiger partial charge in [-0.25, -0.2) is 4.39 Å². The largest absolute Gasteiger partial charge is 0.381 e. The van der Waals surface area contributed by atoms with Crippen molar-refractivity contribution in [3.8, 4) is 0 Å². The van der Waals surface area contributed by atoms with Crippen LogP contribution in [0.4, 0.5) is 10.1 Å². The van der Waals surface area contributed by atoms with Crippen molar-refractivity contribution < 1.29 is 4.39 Å². The molecule has 0 bridgehead atoms. The molecule has 0 fully saturated rings. The van der Waals surface area contributed by atoms with Crippen LogP contribution in [-0.2, 0) is 13.0 Å². The Kier molecular flexibility index (Phi) is 5.23. The Balaban J connectivity index is 2.00. The molecule has 0 aliphatic heterocycles. The summed E-state index contributed by atoms with van der Waals surface area (Å²) in [4.78, 5) is 0. The summed E-state index contributed by atoms with van der Waals surface area (Å²) in [7, 11) is 0. The minimum atomic E-state index is -0.200. The zero-order valence-electron chi connectivity index (χ0n) is 10.3. The molecule has 0 heterocycles. The van der Waals surface area contributed by atoms with Crippen LogP contribution in [0.25, 0.3) is 0 Å². The van der Waals surface area contributed by atoms with Gasteiger partial charge in [0.2, 0.25) is 0 Å². The van der Waals surface area contributed by atoms with Gasteiger partial charge < -0.3 is 5.32 Å². The molecule has 0 unspecified atom stereocenters. The van der Waals surface area contributed by atoms with Crippen molar-refractivity contribution in [1.29, 1.82) is 0 Å². The van der Waals surface area contributed by atoms with Crippen molar-refractivity contribution in [1.82, 2.24) is 0 Å². The molecule has 2 rings (SSSR count). The monoisotopic (exact) mass is 341 g/mol. The second kappa shape index (κ2) is 6.92. The number of rotatable bonds is 5. The number of hydrogen-bond acceptors (Lipinski definition) is 1. The molecule has 0 saturated carbocycles. The van der Waals surface area contributed by atoms with Crippen LogP contribution in [0, 0.1) is 5.82 Å². The van der Waals surface area contributed by atoms with Crippen LogP contribution in [-0.4, -0.2) is 5.88 Å². The number of alkyl halides is 1. The van der Waals surface area contributed by atoms with Crippen molar-refractivity contribution in [3.05, 3.63) is 63.9 Å². The lowest BCUT2D eigenvalue weighted by Gasteiger charge is -2.08. The van der Waals surface area contributed by atoms with Gasteiger partial charge in [0.15, 0.2) is 0 Å². The summed E-state index contributed by atoms with van der Waals surface area (Å²) in [5, 5.41) is 3.20. The lowest BCUT2D eigenvalue weighted by molar-refractivity contribution is 0.612. The summed E-state index contributed by atoms with van der Waals surface area (Å²) in [6.07, 6.45) is 0.863. The van der Waals surface area contributed by atoms with Gasteiger partial charge in [0.1, 0.15) is 5.82 Å². The summed E-state index contributed by atoms with van der Waals surface area (Å²) in [6, 6.07) is 13.0. The van der Waals surface area contributed by atoms with Crippen LogP contribution < -0.4 is 5.32 Å². The second-order valence-corrected chi connectivity index (χ2v) is 5.52. The van der Waals surface area contributed by atoms with E-state index in [9.17, 15) is 4.39 Å². The maximum absolute atomic E-state index is 13.6. The van der Waals surface area contributed by atoms with Crippen LogP contribution in [0.3, 0.4) is 0 Å². The van der Waals surface area contributed by atoms with E-state index in [0.717, 1.165) is 16.6 Å². The average Bonchev–Trinajstić information content (AvgIpc) is 2.42. The smallest absolute Gasteiger partial charge is 0.128 e. The van der Waals surface area contributed by atoms with Crippen LogP contribution >= 0.6 is 27.5 Å². The summed E-state index contributed by atoms with van der Waals surface area (Å²) in [6.45, 7) is 0.458. The average molecular weight is 343 g/mol. The van der Waals surface area contributed by atoms with E-state index >= 15 is 0 Å². The molecule has 0 radical (unpaired) electrons. The molecule has 0 aromatic heterocycles. The Bertz CT molecular complexity index is 542. The second-order valence-electron chi connectivity index (χ2n) is 4.23. The Morgan fingerprint density at radius 2 is 1.84 bits per heavy atom. The number of hydrogen-bond donors (Lipinski definition) is 1. The van der Waals surface area contributed by atoms with Gasteiger partial charge >= 0.3 is 0 Å². The Hall–Kier alpha value is -1.06. The molecule has 0 spiro atoms. The predicted octanol–water partition coefficient (Wildman–Crippen LogP) is 4.98. The van der Waals surface area contributed by atoms with Gasteiger partial charge in [0, 0.05) is 28.1 Å².